The molecule has 2 fully saturated rings. The third-order valence-corrected chi connectivity index (χ3v) is 7.24. The monoisotopic (exact) mass is 448 g/mol. The summed E-state index contributed by atoms with van der Waals surface area (Å²) in [6, 6.07) is 16.0. The smallest absolute Gasteiger partial charge is 0.407 e. The van der Waals surface area contributed by atoms with Gasteiger partial charge in [0.15, 0.2) is 0 Å². The van der Waals surface area contributed by atoms with Gasteiger partial charge in [0, 0.05) is 18.4 Å². The van der Waals surface area contributed by atoms with Crippen LogP contribution in [-0.2, 0) is 14.3 Å². The minimum atomic E-state index is -0.865. The van der Waals surface area contributed by atoms with E-state index in [2.05, 4.69) is 34.9 Å². The number of amides is 2. The number of benzene rings is 2. The van der Waals surface area contributed by atoms with Crippen molar-refractivity contribution >= 4 is 18.0 Å². The van der Waals surface area contributed by atoms with E-state index >= 15 is 0 Å². The number of aliphatic carboxylic acids is 1. The molecule has 3 N–H and O–H groups in total. The topological polar surface area (TPSA) is 105 Å². The van der Waals surface area contributed by atoms with Crippen molar-refractivity contribution in [3.05, 3.63) is 59.7 Å². The number of rotatable bonds is 7. The molecule has 7 heteroatoms. The van der Waals surface area contributed by atoms with Crippen LogP contribution in [0.25, 0.3) is 11.1 Å². The van der Waals surface area contributed by atoms with E-state index in [0.717, 1.165) is 17.5 Å². The molecular formula is C26H28N2O5. The molecule has 0 heterocycles. The zero-order chi connectivity index (χ0) is 23.0. The summed E-state index contributed by atoms with van der Waals surface area (Å²) < 4.78 is 5.62. The SMILES string of the molecule is O=C(CC1(NC(=O)OCC2c3ccccc3-c3ccccc32)CC1)N[C@@H]1CCC[C@@H]1C(=O)O. The zero-order valence-corrected chi connectivity index (χ0v) is 18.4. The minimum Gasteiger partial charge on any atom is -0.481 e. The van der Waals surface area contributed by atoms with Crippen molar-refractivity contribution in [1.82, 2.24) is 10.6 Å². The molecule has 3 aliphatic rings. The van der Waals surface area contributed by atoms with E-state index in [0.29, 0.717) is 25.7 Å². The van der Waals surface area contributed by atoms with Gasteiger partial charge in [-0.2, -0.15) is 0 Å². The predicted octanol–water partition coefficient (Wildman–Crippen LogP) is 3.82. The number of alkyl carbamates (subject to hydrolysis) is 1. The summed E-state index contributed by atoms with van der Waals surface area (Å²) in [6.07, 6.45) is 3.09. The molecule has 2 saturated carbocycles. The number of carboxylic acid groups (broad SMARTS) is 1. The Bertz CT molecular complexity index is 1050. The zero-order valence-electron chi connectivity index (χ0n) is 18.4. The highest BCUT2D eigenvalue weighted by Gasteiger charge is 2.47. The van der Waals surface area contributed by atoms with Crippen molar-refractivity contribution in [3.8, 4) is 11.1 Å². The third-order valence-electron chi connectivity index (χ3n) is 7.24. The average molecular weight is 449 g/mol. The Morgan fingerprint density at radius 1 is 0.970 bits per heavy atom. The molecule has 0 spiro atoms. The number of ether oxygens (including phenoxy) is 1. The maximum atomic E-state index is 12.6. The van der Waals surface area contributed by atoms with Crippen molar-refractivity contribution < 1.29 is 24.2 Å². The van der Waals surface area contributed by atoms with Gasteiger partial charge in [0.2, 0.25) is 5.91 Å². The molecule has 2 aromatic carbocycles. The van der Waals surface area contributed by atoms with Gasteiger partial charge in [-0.05, 0) is 47.9 Å². The standard InChI is InChI=1S/C26H28N2O5/c29-23(27-22-11-5-10-20(22)24(30)31)14-26(12-13-26)28-25(32)33-15-21-18-8-3-1-6-16(18)17-7-2-4-9-19(17)21/h1-4,6-9,20-22H,5,10-15H2,(H,27,29)(H,28,32)(H,30,31)/t20-,22+/m0/s1. The second-order valence-corrected chi connectivity index (χ2v) is 9.46. The van der Waals surface area contributed by atoms with Crippen molar-refractivity contribution in [2.45, 2.75) is 56.0 Å². The number of carbonyl (C=O) groups excluding carboxylic acids is 2. The van der Waals surface area contributed by atoms with E-state index in [9.17, 15) is 19.5 Å². The summed E-state index contributed by atoms with van der Waals surface area (Å²) >= 11 is 0. The first-order valence-electron chi connectivity index (χ1n) is 11.6. The number of carbonyl (C=O) groups is 3. The van der Waals surface area contributed by atoms with Gasteiger partial charge in [0.05, 0.1) is 11.5 Å². The number of hydrogen-bond donors (Lipinski definition) is 3. The number of carboxylic acids is 1. The molecule has 0 unspecified atom stereocenters. The molecule has 0 bridgehead atoms. The van der Waals surface area contributed by atoms with Crippen molar-refractivity contribution in [3.63, 3.8) is 0 Å². The Morgan fingerprint density at radius 2 is 1.61 bits per heavy atom. The third kappa shape index (κ3) is 4.32. The molecule has 0 aliphatic heterocycles. The van der Waals surface area contributed by atoms with Crippen LogP contribution in [0.2, 0.25) is 0 Å². The molecule has 3 aliphatic carbocycles. The van der Waals surface area contributed by atoms with Gasteiger partial charge < -0.3 is 20.5 Å². The molecule has 33 heavy (non-hydrogen) atoms. The largest absolute Gasteiger partial charge is 0.481 e. The maximum absolute atomic E-state index is 12.6. The second-order valence-electron chi connectivity index (χ2n) is 9.46. The van der Waals surface area contributed by atoms with E-state index in [4.69, 9.17) is 4.74 Å². The maximum Gasteiger partial charge on any atom is 0.407 e. The Morgan fingerprint density at radius 3 is 2.21 bits per heavy atom. The molecule has 2 atom stereocenters. The quantitative estimate of drug-likeness (QED) is 0.597. The molecule has 2 amide bonds. The summed E-state index contributed by atoms with van der Waals surface area (Å²) in [4.78, 5) is 36.5. The lowest BCUT2D eigenvalue weighted by molar-refractivity contribution is -0.142. The number of hydrogen-bond acceptors (Lipinski definition) is 4. The fourth-order valence-electron chi connectivity index (χ4n) is 5.34. The lowest BCUT2D eigenvalue weighted by atomic mass is 9.98. The first kappa shape index (κ1) is 21.5. The molecular weight excluding hydrogens is 420 g/mol. The van der Waals surface area contributed by atoms with Crippen LogP contribution in [-0.4, -0.2) is 41.3 Å². The van der Waals surface area contributed by atoms with E-state index in [1.807, 2.05) is 24.3 Å². The van der Waals surface area contributed by atoms with E-state index < -0.39 is 23.5 Å². The minimum absolute atomic E-state index is 0.0167. The van der Waals surface area contributed by atoms with Crippen molar-refractivity contribution in [1.29, 1.82) is 0 Å². The Hall–Kier alpha value is -3.35. The van der Waals surface area contributed by atoms with Crippen LogP contribution in [0.15, 0.2) is 48.5 Å². The first-order valence-corrected chi connectivity index (χ1v) is 11.6. The van der Waals surface area contributed by atoms with Gasteiger partial charge in [-0.1, -0.05) is 55.0 Å². The summed E-state index contributed by atoms with van der Waals surface area (Å²) in [7, 11) is 0. The van der Waals surface area contributed by atoms with Crippen LogP contribution in [0.3, 0.4) is 0 Å². The van der Waals surface area contributed by atoms with Gasteiger partial charge >= 0.3 is 12.1 Å². The van der Waals surface area contributed by atoms with Gasteiger partial charge in [-0.3, -0.25) is 9.59 Å². The Balaban J connectivity index is 1.16. The van der Waals surface area contributed by atoms with Crippen LogP contribution in [0.4, 0.5) is 4.79 Å². The Kier molecular flexibility index (Phi) is 5.56. The van der Waals surface area contributed by atoms with E-state index in [1.54, 1.807) is 0 Å². The lowest BCUT2D eigenvalue weighted by Crippen LogP contribution is -2.45. The summed E-state index contributed by atoms with van der Waals surface area (Å²) in [5.41, 5.74) is 4.05. The molecule has 0 aromatic heterocycles. The molecule has 2 aromatic rings. The van der Waals surface area contributed by atoms with Crippen molar-refractivity contribution in [2.75, 3.05) is 6.61 Å². The average Bonchev–Trinajstić information content (AvgIpc) is 3.24. The fraction of sp³-hybridized carbons (Fsp3) is 0.423. The number of fused-ring (bicyclic) bond motifs is 3. The second kappa shape index (κ2) is 8.54. The summed E-state index contributed by atoms with van der Waals surface area (Å²) in [6.45, 7) is 0.227. The van der Waals surface area contributed by atoms with Crippen molar-refractivity contribution in [2.24, 2.45) is 5.92 Å². The number of nitrogens with one attached hydrogen (secondary N) is 2. The highest BCUT2D eigenvalue weighted by Crippen LogP contribution is 2.44. The first-order chi connectivity index (χ1) is 16.0. The van der Waals surface area contributed by atoms with Crippen LogP contribution >= 0.6 is 0 Å². The molecule has 5 rings (SSSR count). The van der Waals surface area contributed by atoms with E-state index in [1.165, 1.54) is 11.1 Å². The molecule has 0 saturated heterocycles. The normalized spacial score (nSPS) is 22.2. The molecule has 7 nitrogen and oxygen atoms in total. The van der Waals surface area contributed by atoms with E-state index in [-0.39, 0.29) is 30.9 Å². The fourth-order valence-corrected chi connectivity index (χ4v) is 5.34. The van der Waals surface area contributed by atoms with Gasteiger partial charge in [-0.15, -0.1) is 0 Å². The van der Waals surface area contributed by atoms with Crippen LogP contribution in [0, 0.1) is 5.92 Å². The van der Waals surface area contributed by atoms with Crippen LogP contribution < -0.4 is 10.6 Å². The highest BCUT2D eigenvalue weighted by atomic mass is 16.5. The molecule has 172 valence electrons. The summed E-state index contributed by atoms with van der Waals surface area (Å²) in [5, 5.41) is 15.1. The van der Waals surface area contributed by atoms with Crippen LogP contribution in [0.5, 0.6) is 0 Å². The molecule has 0 radical (unpaired) electrons. The van der Waals surface area contributed by atoms with Gasteiger partial charge in [0.1, 0.15) is 6.61 Å². The Labute approximate surface area is 192 Å². The van der Waals surface area contributed by atoms with Gasteiger partial charge in [0.25, 0.3) is 0 Å². The predicted molar refractivity (Wildman–Crippen MR) is 122 cm³/mol. The van der Waals surface area contributed by atoms with Crippen LogP contribution in [0.1, 0.15) is 55.6 Å². The highest BCUT2D eigenvalue weighted by molar-refractivity contribution is 5.81. The summed E-state index contributed by atoms with van der Waals surface area (Å²) in [5.74, 6) is -1.63. The lowest BCUT2D eigenvalue weighted by Gasteiger charge is -2.21. The van der Waals surface area contributed by atoms with Gasteiger partial charge in [-0.25, -0.2) is 4.79 Å².